The van der Waals surface area contributed by atoms with Gasteiger partial charge in [-0.3, -0.25) is 14.5 Å². The number of hydrogen-bond acceptors (Lipinski definition) is 3. The first kappa shape index (κ1) is 11.2. The van der Waals surface area contributed by atoms with Crippen LogP contribution in [0.3, 0.4) is 0 Å². The molecule has 0 bridgehead atoms. The van der Waals surface area contributed by atoms with E-state index in [1.165, 1.54) is 4.90 Å². The summed E-state index contributed by atoms with van der Waals surface area (Å²) in [5.41, 5.74) is 9.49. The average molecular weight is 230 g/mol. The molecule has 1 heterocycles. The van der Waals surface area contributed by atoms with E-state index in [1.807, 2.05) is 0 Å². The van der Waals surface area contributed by atoms with Gasteiger partial charge in [-0.15, -0.1) is 0 Å². The number of carbonyl (C=O) groups is 2. The molecule has 0 N–H and O–H groups in total. The maximum atomic E-state index is 11.6. The van der Waals surface area contributed by atoms with E-state index < -0.39 is 0 Å². The minimum Gasteiger partial charge on any atom is -0.274 e. The maximum absolute atomic E-state index is 11.6. The molecule has 0 spiro atoms. The van der Waals surface area contributed by atoms with E-state index in [0.717, 1.165) is 0 Å². The first-order valence-corrected chi connectivity index (χ1v) is 5.18. The fourth-order valence-electron chi connectivity index (χ4n) is 1.82. The van der Waals surface area contributed by atoms with E-state index in [2.05, 4.69) is 10.0 Å². The van der Waals surface area contributed by atoms with Crippen LogP contribution < -0.4 is 4.90 Å². The lowest BCUT2D eigenvalue weighted by molar-refractivity contribution is -0.121. The Morgan fingerprint density at radius 2 is 1.88 bits per heavy atom. The van der Waals surface area contributed by atoms with Gasteiger partial charge in [0.25, 0.3) is 0 Å². The molecule has 2 rings (SSSR count). The van der Waals surface area contributed by atoms with Crippen LogP contribution in [-0.4, -0.2) is 11.8 Å². The highest BCUT2D eigenvalue weighted by molar-refractivity contribution is 6.20. The van der Waals surface area contributed by atoms with Crippen LogP contribution in [0.4, 0.5) is 5.69 Å². The summed E-state index contributed by atoms with van der Waals surface area (Å²) in [6.45, 7) is 0.129. The number of benzene rings is 1. The maximum Gasteiger partial charge on any atom is 0.234 e. The van der Waals surface area contributed by atoms with E-state index in [-0.39, 0.29) is 31.2 Å². The molecule has 0 atom stereocenters. The van der Waals surface area contributed by atoms with Gasteiger partial charge in [-0.2, -0.15) is 0 Å². The van der Waals surface area contributed by atoms with E-state index in [9.17, 15) is 9.59 Å². The Morgan fingerprint density at radius 1 is 1.24 bits per heavy atom. The highest BCUT2D eigenvalue weighted by Crippen LogP contribution is 2.26. The number of imide groups is 1. The quantitative estimate of drug-likeness (QED) is 0.345. The van der Waals surface area contributed by atoms with Gasteiger partial charge in [0.15, 0.2) is 0 Å². The molecule has 0 aliphatic carbocycles. The summed E-state index contributed by atoms with van der Waals surface area (Å²) in [7, 11) is 0. The summed E-state index contributed by atoms with van der Waals surface area (Å²) >= 11 is 0. The number of para-hydroxylation sites is 1. The fraction of sp³-hybridized carbons (Fsp3) is 0.273. The highest BCUT2D eigenvalue weighted by Gasteiger charge is 2.31. The van der Waals surface area contributed by atoms with Gasteiger partial charge in [-0.25, -0.2) is 0 Å². The molecular formula is C11H10N4O2. The van der Waals surface area contributed by atoms with Crippen LogP contribution in [0.25, 0.3) is 10.4 Å². The number of rotatable bonds is 3. The number of hydrogen-bond donors (Lipinski definition) is 0. The molecule has 0 radical (unpaired) electrons. The van der Waals surface area contributed by atoms with Crippen LogP contribution in [-0.2, 0) is 16.1 Å². The minimum atomic E-state index is -0.205. The number of nitrogens with zero attached hydrogens (tertiary/aromatic N) is 4. The largest absolute Gasteiger partial charge is 0.274 e. The molecule has 1 aromatic carbocycles. The summed E-state index contributed by atoms with van der Waals surface area (Å²) in [4.78, 5) is 27.1. The number of anilines is 1. The van der Waals surface area contributed by atoms with Gasteiger partial charge < -0.3 is 0 Å². The summed E-state index contributed by atoms with van der Waals surface area (Å²) in [6.07, 6.45) is 0.489. The number of azide groups is 1. The van der Waals surface area contributed by atoms with Crippen molar-refractivity contribution in [3.05, 3.63) is 40.3 Å². The predicted molar refractivity (Wildman–Crippen MR) is 61.0 cm³/mol. The standard InChI is InChI=1S/C11H10N4O2/c12-14-13-7-8-3-1-2-4-9(8)15-10(16)5-6-11(15)17/h1-4H,5-7H2. The number of amides is 2. The van der Waals surface area contributed by atoms with E-state index in [1.54, 1.807) is 24.3 Å². The smallest absolute Gasteiger partial charge is 0.234 e. The van der Waals surface area contributed by atoms with Crippen molar-refractivity contribution in [3.8, 4) is 0 Å². The Morgan fingerprint density at radius 3 is 2.53 bits per heavy atom. The molecule has 1 fully saturated rings. The monoisotopic (exact) mass is 230 g/mol. The summed E-state index contributed by atoms with van der Waals surface area (Å²) in [5.74, 6) is -0.410. The third kappa shape index (κ3) is 2.11. The van der Waals surface area contributed by atoms with Gasteiger partial charge in [-0.05, 0) is 17.2 Å². The molecule has 1 aliphatic heterocycles. The second kappa shape index (κ2) is 4.67. The van der Waals surface area contributed by atoms with Crippen molar-refractivity contribution in [2.75, 3.05) is 4.90 Å². The van der Waals surface area contributed by atoms with E-state index >= 15 is 0 Å². The Kier molecular flexibility index (Phi) is 3.07. The molecule has 1 aliphatic rings. The predicted octanol–water partition coefficient (Wildman–Crippen LogP) is 2.15. The normalized spacial score (nSPS) is 14.9. The zero-order chi connectivity index (χ0) is 12.3. The average Bonchev–Trinajstić information content (AvgIpc) is 2.67. The Balaban J connectivity index is 2.40. The minimum absolute atomic E-state index is 0.129. The van der Waals surface area contributed by atoms with E-state index in [0.29, 0.717) is 11.3 Å². The zero-order valence-electron chi connectivity index (χ0n) is 9.04. The third-order valence-electron chi connectivity index (χ3n) is 2.59. The van der Waals surface area contributed by atoms with Crippen LogP contribution >= 0.6 is 0 Å². The molecule has 1 aromatic rings. The lowest BCUT2D eigenvalue weighted by atomic mass is 10.1. The van der Waals surface area contributed by atoms with Crippen molar-refractivity contribution < 1.29 is 9.59 Å². The molecule has 6 nitrogen and oxygen atoms in total. The molecule has 0 saturated carbocycles. The Labute approximate surface area is 97.5 Å². The molecular weight excluding hydrogens is 220 g/mol. The van der Waals surface area contributed by atoms with Gasteiger partial charge in [0.1, 0.15) is 0 Å². The van der Waals surface area contributed by atoms with Crippen LogP contribution in [0, 0.1) is 0 Å². The lowest BCUT2D eigenvalue weighted by Crippen LogP contribution is -2.29. The van der Waals surface area contributed by atoms with Crippen molar-refractivity contribution in [3.63, 3.8) is 0 Å². The first-order valence-electron chi connectivity index (χ1n) is 5.18. The molecule has 6 heteroatoms. The zero-order valence-corrected chi connectivity index (χ0v) is 9.04. The second-order valence-corrected chi connectivity index (χ2v) is 3.64. The summed E-state index contributed by atoms with van der Waals surface area (Å²) in [5, 5.41) is 3.46. The van der Waals surface area contributed by atoms with Crippen LogP contribution in [0.15, 0.2) is 29.4 Å². The SMILES string of the molecule is [N-]=[N+]=NCc1ccccc1N1C(=O)CCC1=O. The van der Waals surface area contributed by atoms with Gasteiger partial charge in [0, 0.05) is 17.8 Å². The van der Waals surface area contributed by atoms with Crippen molar-refractivity contribution >= 4 is 17.5 Å². The van der Waals surface area contributed by atoms with Crippen molar-refractivity contribution in [2.45, 2.75) is 19.4 Å². The molecule has 0 unspecified atom stereocenters. The second-order valence-electron chi connectivity index (χ2n) is 3.64. The highest BCUT2D eigenvalue weighted by atomic mass is 16.2. The third-order valence-corrected chi connectivity index (χ3v) is 2.59. The van der Waals surface area contributed by atoms with Gasteiger partial charge in [0.2, 0.25) is 11.8 Å². The number of carbonyl (C=O) groups excluding carboxylic acids is 2. The summed E-state index contributed by atoms with van der Waals surface area (Å²) < 4.78 is 0. The Bertz CT molecular complexity index is 504. The molecule has 17 heavy (non-hydrogen) atoms. The summed E-state index contributed by atoms with van der Waals surface area (Å²) in [6, 6.07) is 6.94. The van der Waals surface area contributed by atoms with Crippen LogP contribution in [0.5, 0.6) is 0 Å². The molecule has 1 saturated heterocycles. The topological polar surface area (TPSA) is 86.1 Å². The van der Waals surface area contributed by atoms with Gasteiger partial charge in [0.05, 0.1) is 12.2 Å². The molecule has 0 aromatic heterocycles. The van der Waals surface area contributed by atoms with Gasteiger partial charge >= 0.3 is 0 Å². The Hall–Kier alpha value is -2.33. The van der Waals surface area contributed by atoms with E-state index in [4.69, 9.17) is 5.53 Å². The van der Waals surface area contributed by atoms with Crippen molar-refractivity contribution in [1.29, 1.82) is 0 Å². The van der Waals surface area contributed by atoms with Crippen LogP contribution in [0.1, 0.15) is 18.4 Å². The first-order chi connectivity index (χ1) is 8.24. The van der Waals surface area contributed by atoms with Crippen molar-refractivity contribution in [2.24, 2.45) is 5.11 Å². The van der Waals surface area contributed by atoms with Gasteiger partial charge in [-0.1, -0.05) is 23.3 Å². The molecule has 2 amide bonds. The lowest BCUT2D eigenvalue weighted by Gasteiger charge is -2.17. The molecule has 86 valence electrons. The van der Waals surface area contributed by atoms with Crippen molar-refractivity contribution in [1.82, 2.24) is 0 Å². The van der Waals surface area contributed by atoms with Crippen LogP contribution in [0.2, 0.25) is 0 Å². The fourth-order valence-corrected chi connectivity index (χ4v) is 1.82.